The van der Waals surface area contributed by atoms with Gasteiger partial charge < -0.3 is 15.7 Å². The van der Waals surface area contributed by atoms with Gasteiger partial charge in [0.15, 0.2) is 0 Å². The van der Waals surface area contributed by atoms with Gasteiger partial charge in [-0.05, 0) is 24.1 Å². The van der Waals surface area contributed by atoms with Crippen molar-refractivity contribution in [3.63, 3.8) is 0 Å². The third-order valence-electron chi connectivity index (χ3n) is 2.58. The van der Waals surface area contributed by atoms with Crippen molar-refractivity contribution in [2.45, 2.75) is 32.9 Å². The Morgan fingerprint density at radius 2 is 2.00 bits per heavy atom. The van der Waals surface area contributed by atoms with E-state index < -0.39 is 0 Å². The molecular formula is C13H20N2O2. The zero-order valence-corrected chi connectivity index (χ0v) is 10.4. The standard InChI is InChI=1S/C13H20N2O2/c1-3-12(9-16)14-8-11-4-6-13(7-5-11)15-10(2)17/h4-7,12,14,16H,3,8-9H2,1-2H3,(H,15,17). The molecular weight excluding hydrogens is 216 g/mol. The molecule has 0 bridgehead atoms. The predicted octanol–water partition coefficient (Wildman–Crippen LogP) is 1.51. The largest absolute Gasteiger partial charge is 0.395 e. The third kappa shape index (κ3) is 4.97. The summed E-state index contributed by atoms with van der Waals surface area (Å²) in [5, 5.41) is 15.0. The minimum absolute atomic E-state index is 0.0674. The molecule has 0 heterocycles. The minimum atomic E-state index is -0.0674. The number of amides is 1. The van der Waals surface area contributed by atoms with Crippen LogP contribution >= 0.6 is 0 Å². The van der Waals surface area contributed by atoms with Crippen molar-refractivity contribution < 1.29 is 9.90 Å². The third-order valence-corrected chi connectivity index (χ3v) is 2.58. The summed E-state index contributed by atoms with van der Waals surface area (Å²) in [6.07, 6.45) is 0.903. The Labute approximate surface area is 102 Å². The van der Waals surface area contributed by atoms with Crippen molar-refractivity contribution in [1.82, 2.24) is 5.32 Å². The summed E-state index contributed by atoms with van der Waals surface area (Å²) < 4.78 is 0. The van der Waals surface area contributed by atoms with Crippen LogP contribution < -0.4 is 10.6 Å². The molecule has 1 unspecified atom stereocenters. The van der Waals surface area contributed by atoms with Crippen molar-refractivity contribution >= 4 is 11.6 Å². The number of hydrogen-bond donors (Lipinski definition) is 3. The average molecular weight is 236 g/mol. The number of carbonyl (C=O) groups is 1. The van der Waals surface area contributed by atoms with Gasteiger partial charge in [0.25, 0.3) is 0 Å². The van der Waals surface area contributed by atoms with Gasteiger partial charge in [0.05, 0.1) is 6.61 Å². The van der Waals surface area contributed by atoms with Crippen LogP contribution in [0.25, 0.3) is 0 Å². The monoisotopic (exact) mass is 236 g/mol. The Kier molecular flexibility index (Phi) is 5.66. The van der Waals surface area contributed by atoms with Crippen molar-refractivity contribution in [3.8, 4) is 0 Å². The highest BCUT2D eigenvalue weighted by Gasteiger charge is 2.03. The van der Waals surface area contributed by atoms with Crippen LogP contribution in [0.15, 0.2) is 24.3 Å². The lowest BCUT2D eigenvalue weighted by atomic mass is 10.1. The van der Waals surface area contributed by atoms with E-state index in [1.807, 2.05) is 31.2 Å². The Morgan fingerprint density at radius 1 is 1.35 bits per heavy atom. The second-order valence-electron chi connectivity index (χ2n) is 4.05. The van der Waals surface area contributed by atoms with Gasteiger partial charge >= 0.3 is 0 Å². The van der Waals surface area contributed by atoms with Crippen LogP contribution in [0.2, 0.25) is 0 Å². The molecule has 17 heavy (non-hydrogen) atoms. The van der Waals surface area contributed by atoms with Gasteiger partial charge in [-0.1, -0.05) is 19.1 Å². The average Bonchev–Trinajstić information content (AvgIpc) is 2.32. The highest BCUT2D eigenvalue weighted by atomic mass is 16.3. The fourth-order valence-electron chi connectivity index (χ4n) is 1.51. The molecule has 0 aliphatic heterocycles. The normalized spacial score (nSPS) is 12.2. The molecule has 0 saturated heterocycles. The van der Waals surface area contributed by atoms with Gasteiger partial charge in [-0.25, -0.2) is 0 Å². The smallest absolute Gasteiger partial charge is 0.221 e. The van der Waals surface area contributed by atoms with Gasteiger partial charge in [-0.2, -0.15) is 0 Å². The van der Waals surface area contributed by atoms with Crippen LogP contribution in [0, 0.1) is 0 Å². The first-order valence-electron chi connectivity index (χ1n) is 5.86. The van der Waals surface area contributed by atoms with Crippen LogP contribution in [0.3, 0.4) is 0 Å². The molecule has 1 aromatic rings. The quantitative estimate of drug-likeness (QED) is 0.701. The summed E-state index contributed by atoms with van der Waals surface area (Å²) in [6, 6.07) is 7.81. The van der Waals surface area contributed by atoms with E-state index >= 15 is 0 Å². The Morgan fingerprint density at radius 3 is 2.47 bits per heavy atom. The molecule has 4 nitrogen and oxygen atoms in total. The molecule has 0 aromatic heterocycles. The lowest BCUT2D eigenvalue weighted by molar-refractivity contribution is -0.114. The van der Waals surface area contributed by atoms with Crippen LogP contribution in [-0.2, 0) is 11.3 Å². The summed E-state index contributed by atoms with van der Waals surface area (Å²) in [5.74, 6) is -0.0674. The molecule has 1 aromatic carbocycles. The number of hydrogen-bond acceptors (Lipinski definition) is 3. The van der Waals surface area contributed by atoms with Gasteiger partial charge in [-0.15, -0.1) is 0 Å². The molecule has 94 valence electrons. The number of carbonyl (C=O) groups excluding carboxylic acids is 1. The van der Waals surface area contributed by atoms with E-state index in [0.29, 0.717) is 0 Å². The molecule has 1 rings (SSSR count). The van der Waals surface area contributed by atoms with Crippen LogP contribution in [-0.4, -0.2) is 23.7 Å². The molecule has 0 spiro atoms. The summed E-state index contributed by atoms with van der Waals surface area (Å²) in [5.41, 5.74) is 1.93. The zero-order chi connectivity index (χ0) is 12.7. The van der Waals surface area contributed by atoms with E-state index in [1.54, 1.807) is 0 Å². The first-order chi connectivity index (χ1) is 8.15. The highest BCUT2D eigenvalue weighted by Crippen LogP contribution is 2.09. The Hall–Kier alpha value is -1.39. The van der Waals surface area contributed by atoms with E-state index in [-0.39, 0.29) is 18.6 Å². The summed E-state index contributed by atoms with van der Waals surface area (Å²) >= 11 is 0. The van der Waals surface area contributed by atoms with E-state index in [1.165, 1.54) is 6.92 Å². The van der Waals surface area contributed by atoms with E-state index in [2.05, 4.69) is 10.6 Å². The van der Waals surface area contributed by atoms with Crippen LogP contribution in [0.4, 0.5) is 5.69 Å². The molecule has 0 radical (unpaired) electrons. The number of anilines is 1. The predicted molar refractivity (Wildman–Crippen MR) is 68.8 cm³/mol. The summed E-state index contributed by atoms with van der Waals surface area (Å²) in [6.45, 7) is 4.40. The Balaban J connectivity index is 2.47. The lowest BCUT2D eigenvalue weighted by Crippen LogP contribution is -2.31. The summed E-state index contributed by atoms with van der Waals surface area (Å²) in [7, 11) is 0. The Bertz CT molecular complexity index is 345. The van der Waals surface area contributed by atoms with Gasteiger partial charge in [0.1, 0.15) is 0 Å². The molecule has 3 N–H and O–H groups in total. The van der Waals surface area contributed by atoms with Crippen molar-refractivity contribution in [3.05, 3.63) is 29.8 Å². The topological polar surface area (TPSA) is 61.4 Å². The van der Waals surface area contributed by atoms with Crippen LogP contribution in [0.5, 0.6) is 0 Å². The molecule has 0 fully saturated rings. The zero-order valence-electron chi connectivity index (χ0n) is 10.4. The fraction of sp³-hybridized carbons (Fsp3) is 0.462. The molecule has 0 saturated carbocycles. The van der Waals surface area contributed by atoms with E-state index in [9.17, 15) is 4.79 Å². The molecule has 1 atom stereocenters. The van der Waals surface area contributed by atoms with Gasteiger partial charge in [0, 0.05) is 25.2 Å². The fourth-order valence-corrected chi connectivity index (χ4v) is 1.51. The van der Waals surface area contributed by atoms with Crippen molar-refractivity contribution in [2.75, 3.05) is 11.9 Å². The van der Waals surface area contributed by atoms with Crippen molar-refractivity contribution in [2.24, 2.45) is 0 Å². The molecule has 0 aliphatic carbocycles. The highest BCUT2D eigenvalue weighted by molar-refractivity contribution is 5.88. The van der Waals surface area contributed by atoms with E-state index in [4.69, 9.17) is 5.11 Å². The first-order valence-corrected chi connectivity index (χ1v) is 5.86. The second kappa shape index (κ2) is 7.04. The maximum Gasteiger partial charge on any atom is 0.221 e. The number of benzene rings is 1. The molecule has 1 amide bonds. The maximum atomic E-state index is 10.8. The lowest BCUT2D eigenvalue weighted by Gasteiger charge is -2.14. The summed E-state index contributed by atoms with van der Waals surface area (Å²) in [4.78, 5) is 10.8. The molecule has 4 heteroatoms. The van der Waals surface area contributed by atoms with E-state index in [0.717, 1.165) is 24.2 Å². The second-order valence-corrected chi connectivity index (χ2v) is 4.05. The van der Waals surface area contributed by atoms with Crippen LogP contribution in [0.1, 0.15) is 25.8 Å². The first kappa shape index (κ1) is 13.7. The minimum Gasteiger partial charge on any atom is -0.395 e. The maximum absolute atomic E-state index is 10.8. The SMILES string of the molecule is CCC(CO)NCc1ccc(NC(C)=O)cc1. The molecule has 0 aliphatic rings. The number of aliphatic hydroxyl groups is 1. The van der Waals surface area contributed by atoms with Gasteiger partial charge in [0.2, 0.25) is 5.91 Å². The van der Waals surface area contributed by atoms with Gasteiger partial charge in [-0.3, -0.25) is 4.79 Å². The number of aliphatic hydroxyl groups excluding tert-OH is 1. The number of rotatable bonds is 6. The number of nitrogens with one attached hydrogen (secondary N) is 2. The van der Waals surface area contributed by atoms with Crippen molar-refractivity contribution in [1.29, 1.82) is 0 Å².